The highest BCUT2D eigenvalue weighted by Gasteiger charge is 2.36. The van der Waals surface area contributed by atoms with Crippen LogP contribution in [0.2, 0.25) is 0 Å². The van der Waals surface area contributed by atoms with Crippen molar-refractivity contribution >= 4 is 32.3 Å². The number of halogens is 1. The second kappa shape index (κ2) is 6.54. The predicted molar refractivity (Wildman–Crippen MR) is 134 cm³/mol. The number of fused-ring (bicyclic) bond motifs is 5. The van der Waals surface area contributed by atoms with E-state index in [-0.39, 0.29) is 11.2 Å². The molecule has 1 aliphatic rings. The number of rotatable bonds is 0. The Morgan fingerprint density at radius 2 is 1.64 bits per heavy atom. The molecule has 0 N–H and O–H groups in total. The first-order valence-electron chi connectivity index (χ1n) is 11.5. The number of benzene rings is 4. The number of aromatic nitrogens is 1. The zero-order chi connectivity index (χ0) is 23.2. The monoisotopic (exact) mass is 436 g/mol. The molecule has 4 aromatic carbocycles. The Morgan fingerprint density at radius 3 is 2.39 bits per heavy atom. The average Bonchev–Trinajstić information content (AvgIpc) is 2.75. The van der Waals surface area contributed by atoms with Crippen molar-refractivity contribution in [1.29, 1.82) is 0 Å². The Morgan fingerprint density at radius 1 is 0.848 bits per heavy atom. The molecule has 164 valence electrons. The second-order valence-electron chi connectivity index (χ2n) is 10.4. The molecule has 0 unspecified atom stereocenters. The van der Waals surface area contributed by atoms with Gasteiger partial charge in [0, 0.05) is 22.4 Å². The first-order chi connectivity index (χ1) is 15.7. The second-order valence-corrected chi connectivity index (χ2v) is 10.4. The summed E-state index contributed by atoms with van der Waals surface area (Å²) in [5.41, 5.74) is 5.76. The standard InChI is InChI=1S/C30H27FNO/c1-16-10-11-20-21(14-16)17(2)25-28-26-19(12-13-32(28)6)18-8-7-9-23(31)22(18)15-24(26)33-29(25)27(20)30(3,4)5/h7-15H,1-6H3/q+1. The van der Waals surface area contributed by atoms with Crippen LogP contribution in [0.3, 0.4) is 0 Å². The number of ether oxygens (including phenoxy) is 1. The van der Waals surface area contributed by atoms with Gasteiger partial charge in [0.25, 0.3) is 0 Å². The summed E-state index contributed by atoms with van der Waals surface area (Å²) in [7, 11) is 2.08. The lowest BCUT2D eigenvalue weighted by atomic mass is 9.78. The molecular formula is C30H27FNO+. The molecule has 0 spiro atoms. The molecule has 0 aliphatic carbocycles. The first-order valence-corrected chi connectivity index (χ1v) is 11.5. The van der Waals surface area contributed by atoms with Crippen LogP contribution in [0.5, 0.6) is 11.5 Å². The van der Waals surface area contributed by atoms with Crippen molar-refractivity contribution in [2.75, 3.05) is 0 Å². The van der Waals surface area contributed by atoms with Crippen molar-refractivity contribution < 1.29 is 13.7 Å². The average molecular weight is 437 g/mol. The maximum Gasteiger partial charge on any atom is 0.228 e. The van der Waals surface area contributed by atoms with Gasteiger partial charge in [-0.3, -0.25) is 0 Å². The van der Waals surface area contributed by atoms with Gasteiger partial charge < -0.3 is 4.74 Å². The van der Waals surface area contributed by atoms with E-state index in [1.807, 2.05) is 12.1 Å². The lowest BCUT2D eigenvalue weighted by Gasteiger charge is -2.30. The van der Waals surface area contributed by atoms with E-state index in [1.165, 1.54) is 33.5 Å². The van der Waals surface area contributed by atoms with Gasteiger partial charge in [-0.05, 0) is 53.1 Å². The minimum Gasteiger partial charge on any atom is -0.455 e. The van der Waals surface area contributed by atoms with Crippen LogP contribution in [0.15, 0.2) is 54.7 Å². The normalized spacial score (nSPS) is 12.9. The zero-order valence-electron chi connectivity index (χ0n) is 19.9. The van der Waals surface area contributed by atoms with Gasteiger partial charge in [0.2, 0.25) is 5.69 Å². The molecule has 5 aromatic rings. The van der Waals surface area contributed by atoms with Gasteiger partial charge in [0.05, 0.1) is 10.9 Å². The topological polar surface area (TPSA) is 13.1 Å². The van der Waals surface area contributed by atoms with Gasteiger partial charge in [-0.2, -0.15) is 0 Å². The number of pyridine rings is 1. The minimum absolute atomic E-state index is 0.142. The Labute approximate surface area is 193 Å². The summed E-state index contributed by atoms with van der Waals surface area (Å²) >= 11 is 0. The van der Waals surface area contributed by atoms with E-state index in [2.05, 4.69) is 76.7 Å². The summed E-state index contributed by atoms with van der Waals surface area (Å²) in [5.74, 6) is 1.39. The van der Waals surface area contributed by atoms with Crippen LogP contribution < -0.4 is 9.30 Å². The molecule has 6 rings (SSSR count). The number of nitrogens with zero attached hydrogens (tertiary/aromatic N) is 1. The van der Waals surface area contributed by atoms with E-state index in [9.17, 15) is 4.39 Å². The van der Waals surface area contributed by atoms with Crippen LogP contribution >= 0.6 is 0 Å². The molecule has 0 saturated heterocycles. The van der Waals surface area contributed by atoms with E-state index in [1.54, 1.807) is 6.07 Å². The molecule has 33 heavy (non-hydrogen) atoms. The molecule has 0 atom stereocenters. The van der Waals surface area contributed by atoms with E-state index in [4.69, 9.17) is 4.74 Å². The van der Waals surface area contributed by atoms with Gasteiger partial charge in [-0.1, -0.05) is 56.7 Å². The predicted octanol–water partition coefficient (Wildman–Crippen LogP) is 7.80. The van der Waals surface area contributed by atoms with Gasteiger partial charge in [-0.25, -0.2) is 8.96 Å². The molecule has 0 radical (unpaired) electrons. The Kier molecular flexibility index (Phi) is 4.00. The molecule has 3 heteroatoms. The van der Waals surface area contributed by atoms with Crippen molar-refractivity contribution in [2.24, 2.45) is 7.05 Å². The first kappa shape index (κ1) is 20.2. The largest absolute Gasteiger partial charge is 0.455 e. The zero-order valence-corrected chi connectivity index (χ0v) is 19.9. The molecule has 1 aromatic heterocycles. The summed E-state index contributed by atoms with van der Waals surface area (Å²) in [6.45, 7) is 11.0. The Hall–Kier alpha value is -3.46. The van der Waals surface area contributed by atoms with Gasteiger partial charge >= 0.3 is 0 Å². The lowest BCUT2D eigenvalue weighted by Crippen LogP contribution is -2.32. The van der Waals surface area contributed by atoms with Gasteiger partial charge in [0.1, 0.15) is 24.4 Å². The summed E-state index contributed by atoms with van der Waals surface area (Å²) in [5, 5.41) is 6.04. The quantitative estimate of drug-likeness (QED) is 0.175. The molecule has 0 saturated carbocycles. The smallest absolute Gasteiger partial charge is 0.228 e. The van der Waals surface area contributed by atoms with Crippen LogP contribution in [0.1, 0.15) is 37.5 Å². The summed E-state index contributed by atoms with van der Waals surface area (Å²) < 4.78 is 23.8. The third-order valence-corrected chi connectivity index (χ3v) is 7.06. The number of hydrogen-bond donors (Lipinski definition) is 0. The van der Waals surface area contributed by atoms with Crippen molar-refractivity contribution in [2.45, 2.75) is 40.0 Å². The third kappa shape index (κ3) is 2.68. The molecule has 0 fully saturated rings. The maximum atomic E-state index is 14.8. The molecule has 1 aliphatic heterocycles. The highest BCUT2D eigenvalue weighted by atomic mass is 19.1. The fraction of sp³-hybridized carbons (Fsp3) is 0.233. The van der Waals surface area contributed by atoms with E-state index in [0.29, 0.717) is 5.39 Å². The van der Waals surface area contributed by atoms with Crippen LogP contribution in [0.25, 0.3) is 43.6 Å². The van der Waals surface area contributed by atoms with Crippen LogP contribution in [0, 0.1) is 19.7 Å². The summed E-state index contributed by atoms with van der Waals surface area (Å²) in [4.78, 5) is 0. The Bertz CT molecular complexity index is 1660. The maximum absolute atomic E-state index is 14.8. The summed E-state index contributed by atoms with van der Waals surface area (Å²) in [6, 6.07) is 15.9. The molecule has 2 heterocycles. The van der Waals surface area contributed by atoms with Crippen molar-refractivity contribution in [3.05, 3.63) is 77.2 Å². The van der Waals surface area contributed by atoms with Crippen molar-refractivity contribution in [3.63, 3.8) is 0 Å². The number of aryl methyl sites for hydroxylation is 3. The van der Waals surface area contributed by atoms with Crippen LogP contribution in [0.4, 0.5) is 4.39 Å². The molecule has 0 amide bonds. The fourth-order valence-corrected chi connectivity index (χ4v) is 5.61. The van der Waals surface area contributed by atoms with Crippen LogP contribution in [-0.2, 0) is 12.5 Å². The highest BCUT2D eigenvalue weighted by Crippen LogP contribution is 2.54. The highest BCUT2D eigenvalue weighted by molar-refractivity contribution is 6.16. The van der Waals surface area contributed by atoms with Gasteiger partial charge in [-0.15, -0.1) is 0 Å². The summed E-state index contributed by atoms with van der Waals surface area (Å²) in [6.07, 6.45) is 2.08. The minimum atomic E-state index is -0.226. The van der Waals surface area contributed by atoms with Crippen LogP contribution in [-0.4, -0.2) is 0 Å². The van der Waals surface area contributed by atoms with E-state index >= 15 is 0 Å². The SMILES string of the molecule is Cc1ccc2c(C(C)(C)C)c3c(c(C)c2c1)-c1c2c(cc4c(F)cccc4c2cc[n+]1C)O3. The third-order valence-electron chi connectivity index (χ3n) is 7.06. The fourth-order valence-electron chi connectivity index (χ4n) is 5.61. The Balaban J connectivity index is 1.88. The number of hydrogen-bond acceptors (Lipinski definition) is 1. The van der Waals surface area contributed by atoms with Gasteiger partial charge in [0.15, 0.2) is 6.20 Å². The van der Waals surface area contributed by atoms with E-state index in [0.717, 1.165) is 38.9 Å². The van der Waals surface area contributed by atoms with E-state index < -0.39 is 0 Å². The van der Waals surface area contributed by atoms with Crippen molar-refractivity contribution in [3.8, 4) is 22.8 Å². The lowest BCUT2D eigenvalue weighted by molar-refractivity contribution is -0.659. The molecular weight excluding hydrogens is 409 g/mol. The molecule has 2 nitrogen and oxygen atoms in total. The van der Waals surface area contributed by atoms with Crippen molar-refractivity contribution in [1.82, 2.24) is 0 Å². The molecule has 0 bridgehead atoms.